The van der Waals surface area contributed by atoms with Crippen molar-refractivity contribution in [2.75, 3.05) is 12.3 Å². The Hall–Kier alpha value is 1.09. The molecule has 0 aliphatic rings. The molecule has 0 fully saturated rings. The summed E-state index contributed by atoms with van der Waals surface area (Å²) in [4.78, 5) is 0. The molecule has 0 heterocycles. The maximum atomic E-state index is 6.06. The van der Waals surface area contributed by atoms with E-state index in [0.29, 0.717) is 18.5 Å². The summed E-state index contributed by atoms with van der Waals surface area (Å²) < 4.78 is 0. The van der Waals surface area contributed by atoms with Crippen molar-refractivity contribution in [3.8, 4) is 0 Å². The molecule has 0 aliphatic heterocycles. The summed E-state index contributed by atoms with van der Waals surface area (Å²) in [5, 5.41) is 0. The average Bonchev–Trinajstić information content (AvgIpc) is 2.43. The van der Waals surface area contributed by atoms with Crippen molar-refractivity contribution in [3.63, 3.8) is 0 Å². The first-order valence-electron chi connectivity index (χ1n) is 9.27. The first-order valence-corrected chi connectivity index (χ1v) is 11.3. The first-order chi connectivity index (χ1) is 10.4. The van der Waals surface area contributed by atoms with E-state index in [1.54, 1.807) is 0 Å². The molecule has 0 bridgehead atoms. The van der Waals surface area contributed by atoms with E-state index in [4.69, 9.17) is 13.5 Å². The van der Waals surface area contributed by atoms with Gasteiger partial charge < -0.3 is 0 Å². The van der Waals surface area contributed by atoms with E-state index in [9.17, 15) is 0 Å². The summed E-state index contributed by atoms with van der Waals surface area (Å²) >= 11 is 0. The van der Waals surface area contributed by atoms with Gasteiger partial charge in [-0.2, -0.15) is 0 Å². The van der Waals surface area contributed by atoms with Gasteiger partial charge in [0.1, 0.15) is 0 Å². The Balaban J connectivity index is 4.81. The van der Waals surface area contributed by atoms with Gasteiger partial charge in [0, 0.05) is 0 Å². The van der Waals surface area contributed by atoms with Gasteiger partial charge in [-0.05, 0) is 0 Å². The molecule has 1 nitrogen and oxygen atoms in total. The Labute approximate surface area is 149 Å². The Bertz CT molecular complexity index is 373. The van der Waals surface area contributed by atoms with Crippen LogP contribution in [0.3, 0.4) is 0 Å². The molecule has 14 heteroatoms. The fourth-order valence-electron chi connectivity index (χ4n) is 3.05. The quantitative estimate of drug-likeness (QED) is 0.283. The van der Waals surface area contributed by atoms with Crippen LogP contribution in [0.1, 0.15) is 38.5 Å². The maximum absolute atomic E-state index is 6.06. The van der Waals surface area contributed by atoms with Gasteiger partial charge in [0.25, 0.3) is 0 Å². The molecule has 0 amide bonds. The van der Waals surface area contributed by atoms with Crippen molar-refractivity contribution < 1.29 is 0 Å². The van der Waals surface area contributed by atoms with Crippen molar-refractivity contribution in [3.05, 3.63) is 0 Å². The Morgan fingerprint density at radius 1 is 0.864 bits per heavy atom. The van der Waals surface area contributed by atoms with Crippen molar-refractivity contribution in [2.24, 2.45) is 5.73 Å². The second-order valence-corrected chi connectivity index (χ2v) is 10.9. The topological polar surface area (TPSA) is 26.0 Å². The molecule has 0 spiro atoms. The number of unbranched alkanes of at least 4 members (excludes halogenated alkanes) is 5. The predicted octanol–water partition coefficient (Wildman–Crippen LogP) is -5.03. The van der Waals surface area contributed by atoms with Crippen LogP contribution in [0, 0.1) is 0 Å². The molecule has 2 N–H and O–H groups in total. The van der Waals surface area contributed by atoms with Gasteiger partial charge in [0.15, 0.2) is 0 Å². The minimum atomic E-state index is -0.816. The zero-order chi connectivity index (χ0) is 17.0. The van der Waals surface area contributed by atoms with E-state index in [2.05, 4.69) is 50.8 Å². The summed E-state index contributed by atoms with van der Waals surface area (Å²) in [5.74, 6) is 1.94. The molecular formula is C8H29B12NS-. The molecule has 0 rings (SSSR count). The van der Waals surface area contributed by atoms with Gasteiger partial charge in [-0.3, -0.25) is 0 Å². The standard InChI is InChI=1S/C8H29B12NS/c9-15-20(14)22(16-18(10)11,17-19(12)13)8-6-4-2-1-3-5-7-21/h15H,1-8,10-14,21H2/q-1/i9-1,10-1,11-1,12-1,13-1,14-1,15-1,16-1,17-1,18-1,19-1,20-1. The van der Waals surface area contributed by atoms with Gasteiger partial charge in [0.05, 0.1) is 0 Å². The summed E-state index contributed by atoms with van der Waals surface area (Å²) in [6.07, 6.45) is 9.16. The fourth-order valence-corrected chi connectivity index (χ4v) is 7.44. The number of hydrogen-bond acceptors (Lipinski definition) is 1. The molecule has 0 unspecified atom stereocenters. The van der Waals surface area contributed by atoms with E-state index < -0.39 is 8.73 Å². The van der Waals surface area contributed by atoms with Crippen LogP contribution in [0.4, 0.5) is 0 Å². The summed E-state index contributed by atoms with van der Waals surface area (Å²) in [6.45, 7) is 0.841. The van der Waals surface area contributed by atoms with Crippen LogP contribution >= 0.6 is 8.73 Å². The van der Waals surface area contributed by atoms with Gasteiger partial charge in [-0.15, -0.1) is 0 Å². The molecule has 0 aromatic carbocycles. The molecule has 0 saturated carbocycles. The van der Waals surface area contributed by atoms with E-state index in [1.165, 1.54) is 44.3 Å². The Kier molecular flexibility index (Phi) is 14.1. The molecule has 3 radical (unpaired) electrons. The van der Waals surface area contributed by atoms with Crippen molar-refractivity contribution in [2.45, 2.75) is 38.5 Å². The van der Waals surface area contributed by atoms with Crippen LogP contribution in [-0.4, -0.2) is 96.4 Å². The summed E-state index contributed by atoms with van der Waals surface area (Å²) in [7, 11) is 17.7. The second kappa shape index (κ2) is 13.4. The fraction of sp³-hybridized carbons (Fsp3) is 1.00. The van der Waals surface area contributed by atoms with Gasteiger partial charge in [0.2, 0.25) is 0 Å². The zero-order valence-corrected chi connectivity index (χ0v) is 16.6. The molecule has 0 aromatic heterocycles. The zero-order valence-electron chi connectivity index (χ0n) is 15.8. The minimum absolute atomic E-state index is 0.606. The third-order valence-electron chi connectivity index (χ3n) is 4.08. The van der Waals surface area contributed by atoms with Gasteiger partial charge in [-0.25, -0.2) is 0 Å². The molecule has 0 atom stereocenters. The SMILES string of the molecule is [10B-][10BH][10B]([10BH2])S(=[10B][10B]([10BH2])[10BH2])(=[10B][10B]([10BH2])[10BH2])CCCCCCCCN. The van der Waals surface area contributed by atoms with Crippen LogP contribution in [0.5, 0.6) is 0 Å². The molecule has 22 heavy (non-hydrogen) atoms. The summed E-state index contributed by atoms with van der Waals surface area (Å²) in [6, 6.07) is 5.28. The van der Waals surface area contributed by atoms with Crippen LogP contribution < -0.4 is 5.73 Å². The molecule has 0 aliphatic carbocycles. The number of hydrogen-bond donors (Lipinski definition) is 1. The van der Waals surface area contributed by atoms with Gasteiger partial charge in [-0.1, -0.05) is 0 Å². The normalized spacial score (nSPS) is 10.5. The second-order valence-electron chi connectivity index (χ2n) is 7.33. The average molecular weight is 292 g/mol. The van der Waals surface area contributed by atoms with E-state index >= 15 is 0 Å². The number of nitrogens with two attached hydrogens (primary N) is 1. The van der Waals surface area contributed by atoms with Crippen molar-refractivity contribution in [1.82, 2.24) is 0 Å². The van der Waals surface area contributed by atoms with Crippen molar-refractivity contribution in [1.29, 1.82) is 0 Å². The van der Waals surface area contributed by atoms with Crippen LogP contribution in [0.15, 0.2) is 0 Å². The molecule has 0 saturated heterocycles. The van der Waals surface area contributed by atoms with E-state index in [0.717, 1.165) is 13.6 Å². The van der Waals surface area contributed by atoms with Crippen LogP contribution in [-0.2, 0) is 0 Å². The van der Waals surface area contributed by atoms with Crippen molar-refractivity contribution >= 4 is 92.9 Å². The molecule has 0 aromatic rings. The predicted molar refractivity (Wildman–Crippen MR) is 134 cm³/mol. The Morgan fingerprint density at radius 3 is 1.73 bits per heavy atom. The van der Waals surface area contributed by atoms with E-state index in [1.807, 2.05) is 0 Å². The van der Waals surface area contributed by atoms with E-state index in [-0.39, 0.29) is 0 Å². The third-order valence-corrected chi connectivity index (χ3v) is 8.87. The molecule has 109 valence electrons. The first kappa shape index (κ1) is 23.1. The third kappa shape index (κ3) is 10.1. The van der Waals surface area contributed by atoms with Crippen LogP contribution in [0.25, 0.3) is 0 Å². The molecular weight excluding hydrogens is 262 g/mol. The van der Waals surface area contributed by atoms with Crippen LogP contribution in [0.2, 0.25) is 0 Å². The summed E-state index contributed by atoms with van der Waals surface area (Å²) in [5.41, 5.74) is 5.55. The number of rotatable bonds is 12. The van der Waals surface area contributed by atoms with Gasteiger partial charge >= 0.3 is 149 Å². The monoisotopic (exact) mass is 291 g/mol. The Morgan fingerprint density at radius 2 is 1.32 bits per heavy atom.